The van der Waals surface area contributed by atoms with Gasteiger partial charge in [-0.15, -0.1) is 0 Å². The molecule has 4 rings (SSSR count). The van der Waals surface area contributed by atoms with E-state index in [1.165, 1.54) is 6.07 Å². The number of aromatic nitrogens is 2. The molecule has 3 N–H and O–H groups in total. The summed E-state index contributed by atoms with van der Waals surface area (Å²) in [6, 6.07) is 9.80. The number of aromatic amines is 1. The van der Waals surface area contributed by atoms with Gasteiger partial charge in [-0.1, -0.05) is 35.3 Å². The summed E-state index contributed by atoms with van der Waals surface area (Å²) in [5, 5.41) is 21.0. The summed E-state index contributed by atoms with van der Waals surface area (Å²) in [5.41, 5.74) is -1.20. The minimum Gasteiger partial charge on any atom is -0.507 e. The number of H-pyrrole nitrogens is 1. The number of fused-ring (bicyclic) bond motifs is 1. The molecule has 0 spiro atoms. The zero-order chi connectivity index (χ0) is 21.8. The fraction of sp³-hybridized carbons (Fsp3) is 0.0500. The first-order chi connectivity index (χ1) is 14.1. The Hall–Kier alpha value is -3.10. The van der Waals surface area contributed by atoms with Gasteiger partial charge < -0.3 is 15.2 Å². The van der Waals surface area contributed by atoms with Crippen LogP contribution in [0.25, 0.3) is 27.8 Å². The van der Waals surface area contributed by atoms with E-state index in [1.54, 1.807) is 18.2 Å². The smallest absolute Gasteiger partial charge is 0.416 e. The molecule has 0 saturated carbocycles. The van der Waals surface area contributed by atoms with Gasteiger partial charge in [0.05, 0.1) is 32.3 Å². The Kier molecular flexibility index (Phi) is 4.71. The quantitative estimate of drug-likeness (QED) is 0.362. The topological polar surface area (TPSA) is 78.2 Å². The van der Waals surface area contributed by atoms with Crippen molar-refractivity contribution < 1.29 is 23.4 Å². The van der Waals surface area contributed by atoms with E-state index in [9.17, 15) is 28.2 Å². The van der Waals surface area contributed by atoms with Crippen LogP contribution in [0.15, 0.2) is 53.3 Å². The number of hydrogen-bond acceptors (Lipinski definition) is 3. The number of phenolic OH excluding ortho intramolecular Hbond substituents is 2. The second kappa shape index (κ2) is 7.00. The third kappa shape index (κ3) is 3.28. The highest BCUT2D eigenvalue weighted by Crippen LogP contribution is 2.42. The Labute approximate surface area is 176 Å². The molecule has 1 aromatic heterocycles. The minimum atomic E-state index is -4.58. The summed E-state index contributed by atoms with van der Waals surface area (Å²) in [7, 11) is 0. The van der Waals surface area contributed by atoms with E-state index >= 15 is 0 Å². The molecule has 4 aromatic rings. The standard InChI is InChI=1S/C20H11Cl2F3N2O3/c21-12-3-1-2-10(18(12)22)11-7-15(17(29)8-16(11)28)27-14-5-4-9(20(23,24)25)6-13(14)26-19(27)30/h1-8,28-29H,(H,26,30). The first kappa shape index (κ1) is 20.2. The normalized spacial score (nSPS) is 11.9. The van der Waals surface area contributed by atoms with Crippen LogP contribution in [0.2, 0.25) is 10.0 Å². The Morgan fingerprint density at radius 1 is 0.933 bits per heavy atom. The zero-order valence-corrected chi connectivity index (χ0v) is 16.3. The molecular weight excluding hydrogens is 444 g/mol. The number of nitrogens with zero attached hydrogens (tertiary/aromatic N) is 1. The molecule has 0 radical (unpaired) electrons. The molecule has 0 aliphatic rings. The van der Waals surface area contributed by atoms with Gasteiger partial charge in [0.2, 0.25) is 0 Å². The van der Waals surface area contributed by atoms with Gasteiger partial charge in [-0.25, -0.2) is 4.79 Å². The monoisotopic (exact) mass is 454 g/mol. The number of phenols is 2. The van der Waals surface area contributed by atoms with Crippen LogP contribution in [-0.4, -0.2) is 19.8 Å². The number of alkyl halides is 3. The molecule has 154 valence electrons. The van der Waals surface area contributed by atoms with Crippen molar-refractivity contribution in [2.45, 2.75) is 6.18 Å². The van der Waals surface area contributed by atoms with E-state index in [0.717, 1.165) is 28.8 Å². The first-order valence-corrected chi connectivity index (χ1v) is 9.16. The molecule has 1 heterocycles. The summed E-state index contributed by atoms with van der Waals surface area (Å²) >= 11 is 12.2. The fourth-order valence-electron chi connectivity index (χ4n) is 3.20. The number of imidazole rings is 1. The SMILES string of the molecule is O=c1[nH]c2cc(C(F)(F)F)ccc2n1-c1cc(-c2cccc(Cl)c2Cl)c(O)cc1O. The lowest BCUT2D eigenvalue weighted by Gasteiger charge is -2.13. The second-order valence-electron chi connectivity index (χ2n) is 6.45. The van der Waals surface area contributed by atoms with Crippen LogP contribution in [0.4, 0.5) is 13.2 Å². The maximum atomic E-state index is 13.0. The molecule has 0 aliphatic carbocycles. The molecule has 0 atom stereocenters. The summed E-state index contributed by atoms with van der Waals surface area (Å²) in [6.45, 7) is 0. The molecule has 0 aliphatic heterocycles. The number of rotatable bonds is 2. The summed E-state index contributed by atoms with van der Waals surface area (Å²) < 4.78 is 39.9. The molecule has 0 fully saturated rings. The summed E-state index contributed by atoms with van der Waals surface area (Å²) in [5.74, 6) is -0.787. The van der Waals surface area contributed by atoms with Crippen LogP contribution >= 0.6 is 23.2 Å². The van der Waals surface area contributed by atoms with Crippen molar-refractivity contribution in [1.29, 1.82) is 0 Å². The van der Waals surface area contributed by atoms with E-state index in [-0.39, 0.29) is 38.1 Å². The minimum absolute atomic E-state index is 0.0603. The van der Waals surface area contributed by atoms with Crippen LogP contribution in [-0.2, 0) is 6.18 Å². The Balaban J connectivity index is 1.97. The van der Waals surface area contributed by atoms with E-state index in [2.05, 4.69) is 4.98 Å². The Morgan fingerprint density at radius 2 is 1.67 bits per heavy atom. The van der Waals surface area contributed by atoms with Crippen molar-refractivity contribution >= 4 is 34.2 Å². The van der Waals surface area contributed by atoms with Crippen molar-refractivity contribution in [2.75, 3.05) is 0 Å². The molecule has 3 aromatic carbocycles. The van der Waals surface area contributed by atoms with Gasteiger partial charge in [-0.05, 0) is 30.3 Å². The van der Waals surface area contributed by atoms with Crippen LogP contribution in [0, 0.1) is 0 Å². The van der Waals surface area contributed by atoms with E-state index < -0.39 is 23.2 Å². The predicted molar refractivity (Wildman–Crippen MR) is 108 cm³/mol. The highest BCUT2D eigenvalue weighted by molar-refractivity contribution is 6.43. The number of benzene rings is 3. The predicted octanol–water partition coefficient (Wildman–Crippen LogP) is 5.72. The molecule has 0 saturated heterocycles. The highest BCUT2D eigenvalue weighted by Gasteiger charge is 2.31. The van der Waals surface area contributed by atoms with Crippen LogP contribution in [0.5, 0.6) is 11.5 Å². The molecule has 0 amide bonds. The third-order valence-corrected chi connectivity index (χ3v) is 5.40. The van der Waals surface area contributed by atoms with Gasteiger partial charge in [0.1, 0.15) is 11.5 Å². The van der Waals surface area contributed by atoms with Crippen LogP contribution in [0.1, 0.15) is 5.56 Å². The Bertz CT molecular complexity index is 1360. The highest BCUT2D eigenvalue weighted by atomic mass is 35.5. The van der Waals surface area contributed by atoms with Crippen molar-refractivity contribution in [3.63, 3.8) is 0 Å². The fourth-order valence-corrected chi connectivity index (χ4v) is 3.60. The van der Waals surface area contributed by atoms with Crippen molar-refractivity contribution in [3.05, 3.63) is 74.6 Å². The number of aromatic hydroxyl groups is 2. The average Bonchev–Trinajstić information content (AvgIpc) is 2.99. The molecule has 30 heavy (non-hydrogen) atoms. The van der Waals surface area contributed by atoms with E-state index in [4.69, 9.17) is 23.2 Å². The van der Waals surface area contributed by atoms with Gasteiger partial charge in [0, 0.05) is 17.2 Å². The van der Waals surface area contributed by atoms with Gasteiger partial charge in [0.15, 0.2) is 0 Å². The molecule has 5 nitrogen and oxygen atoms in total. The van der Waals surface area contributed by atoms with E-state index in [0.29, 0.717) is 5.56 Å². The maximum absolute atomic E-state index is 13.0. The number of nitrogens with one attached hydrogen (secondary N) is 1. The molecule has 0 bridgehead atoms. The molecule has 0 unspecified atom stereocenters. The van der Waals surface area contributed by atoms with Crippen molar-refractivity contribution in [3.8, 4) is 28.3 Å². The van der Waals surface area contributed by atoms with Gasteiger partial charge >= 0.3 is 11.9 Å². The lowest BCUT2D eigenvalue weighted by molar-refractivity contribution is -0.137. The van der Waals surface area contributed by atoms with Crippen LogP contribution in [0.3, 0.4) is 0 Å². The molecular formula is C20H11Cl2F3N2O3. The van der Waals surface area contributed by atoms with Gasteiger partial charge in [0.25, 0.3) is 0 Å². The Morgan fingerprint density at radius 3 is 2.37 bits per heavy atom. The van der Waals surface area contributed by atoms with E-state index in [1.807, 2.05) is 0 Å². The van der Waals surface area contributed by atoms with Crippen molar-refractivity contribution in [2.24, 2.45) is 0 Å². The summed E-state index contributed by atoms with van der Waals surface area (Å²) in [4.78, 5) is 14.9. The number of halogens is 5. The molecule has 10 heteroatoms. The third-order valence-electron chi connectivity index (χ3n) is 4.59. The second-order valence-corrected chi connectivity index (χ2v) is 7.24. The lowest BCUT2D eigenvalue weighted by atomic mass is 10.0. The van der Waals surface area contributed by atoms with Gasteiger partial charge in [-0.2, -0.15) is 13.2 Å². The first-order valence-electron chi connectivity index (χ1n) is 8.40. The summed E-state index contributed by atoms with van der Waals surface area (Å²) in [6.07, 6.45) is -4.58. The zero-order valence-electron chi connectivity index (χ0n) is 14.8. The van der Waals surface area contributed by atoms with Crippen LogP contribution < -0.4 is 5.69 Å². The average molecular weight is 455 g/mol. The largest absolute Gasteiger partial charge is 0.507 e. The maximum Gasteiger partial charge on any atom is 0.416 e. The van der Waals surface area contributed by atoms with Crippen molar-refractivity contribution in [1.82, 2.24) is 9.55 Å². The number of hydrogen-bond donors (Lipinski definition) is 3. The van der Waals surface area contributed by atoms with Gasteiger partial charge in [-0.3, -0.25) is 4.57 Å². The lowest BCUT2D eigenvalue weighted by Crippen LogP contribution is -2.14.